The molecule has 4 rings (SSSR count). The fourth-order valence-electron chi connectivity index (χ4n) is 3.13. The van der Waals surface area contributed by atoms with Gasteiger partial charge in [-0.1, -0.05) is 11.6 Å². The van der Waals surface area contributed by atoms with Crippen molar-refractivity contribution in [2.45, 2.75) is 51.0 Å². The number of halogens is 1. The molecule has 2 fully saturated rings. The average Bonchev–Trinajstić information content (AvgIpc) is 3.01. The monoisotopic (exact) mass is 337 g/mol. The number of hydrogen-bond acceptors (Lipinski definition) is 6. The summed E-state index contributed by atoms with van der Waals surface area (Å²) in [5.74, 6) is 0.462. The SMILES string of the molecule is Clc1nc(NC2CCCCO2)nc2ncn(C3CCCCO3)c12. The van der Waals surface area contributed by atoms with Crippen LogP contribution in [0.4, 0.5) is 5.95 Å². The van der Waals surface area contributed by atoms with Gasteiger partial charge in [0.1, 0.15) is 18.0 Å². The second-order valence-corrected chi connectivity index (χ2v) is 6.34. The minimum absolute atomic E-state index is 0.0321. The summed E-state index contributed by atoms with van der Waals surface area (Å²) in [4.78, 5) is 13.2. The first-order valence-electron chi connectivity index (χ1n) is 8.21. The van der Waals surface area contributed by atoms with E-state index in [9.17, 15) is 0 Å². The van der Waals surface area contributed by atoms with Gasteiger partial charge in [0.15, 0.2) is 10.8 Å². The van der Waals surface area contributed by atoms with Crippen molar-refractivity contribution in [1.29, 1.82) is 0 Å². The Morgan fingerprint density at radius 3 is 2.65 bits per heavy atom. The third-order valence-electron chi connectivity index (χ3n) is 4.32. The Morgan fingerprint density at radius 2 is 1.91 bits per heavy atom. The van der Waals surface area contributed by atoms with Crippen LogP contribution in [0.5, 0.6) is 0 Å². The fraction of sp³-hybridized carbons (Fsp3) is 0.667. The minimum Gasteiger partial charge on any atom is -0.359 e. The van der Waals surface area contributed by atoms with Crippen LogP contribution in [-0.2, 0) is 9.47 Å². The molecule has 0 aromatic carbocycles. The van der Waals surface area contributed by atoms with E-state index < -0.39 is 0 Å². The summed E-state index contributed by atoms with van der Waals surface area (Å²) >= 11 is 6.40. The molecule has 0 radical (unpaired) electrons. The van der Waals surface area contributed by atoms with Crippen molar-refractivity contribution >= 4 is 28.7 Å². The molecule has 7 nitrogen and oxygen atoms in total. The zero-order valence-electron chi connectivity index (χ0n) is 12.9. The second-order valence-electron chi connectivity index (χ2n) is 5.98. The minimum atomic E-state index is -0.0546. The van der Waals surface area contributed by atoms with Crippen LogP contribution in [0.2, 0.25) is 5.15 Å². The van der Waals surface area contributed by atoms with E-state index in [2.05, 4.69) is 20.3 Å². The van der Waals surface area contributed by atoms with E-state index in [4.69, 9.17) is 21.1 Å². The van der Waals surface area contributed by atoms with E-state index in [0.29, 0.717) is 16.7 Å². The second kappa shape index (κ2) is 6.59. The van der Waals surface area contributed by atoms with Gasteiger partial charge < -0.3 is 14.8 Å². The van der Waals surface area contributed by atoms with E-state index in [-0.39, 0.29) is 12.5 Å². The number of fused-ring (bicyclic) bond motifs is 1. The van der Waals surface area contributed by atoms with Crippen LogP contribution in [0, 0.1) is 0 Å². The number of nitrogens with one attached hydrogen (secondary N) is 1. The van der Waals surface area contributed by atoms with Gasteiger partial charge >= 0.3 is 0 Å². The molecule has 2 aromatic rings. The third-order valence-corrected chi connectivity index (χ3v) is 4.58. The summed E-state index contributed by atoms with van der Waals surface area (Å²) in [6.07, 6.45) is 8.04. The molecule has 2 atom stereocenters. The van der Waals surface area contributed by atoms with Gasteiger partial charge in [-0.15, -0.1) is 0 Å². The molecule has 2 aliphatic heterocycles. The quantitative estimate of drug-likeness (QED) is 0.867. The van der Waals surface area contributed by atoms with Crippen LogP contribution in [0.3, 0.4) is 0 Å². The molecule has 1 N–H and O–H groups in total. The van der Waals surface area contributed by atoms with Gasteiger partial charge in [-0.05, 0) is 38.5 Å². The van der Waals surface area contributed by atoms with Gasteiger partial charge in [-0.3, -0.25) is 4.57 Å². The lowest BCUT2D eigenvalue weighted by atomic mass is 10.2. The molecule has 0 aliphatic carbocycles. The zero-order valence-corrected chi connectivity index (χ0v) is 13.6. The lowest BCUT2D eigenvalue weighted by Crippen LogP contribution is -2.28. The largest absolute Gasteiger partial charge is 0.359 e. The van der Waals surface area contributed by atoms with Gasteiger partial charge in [0, 0.05) is 13.2 Å². The van der Waals surface area contributed by atoms with Crippen molar-refractivity contribution < 1.29 is 9.47 Å². The number of rotatable bonds is 3. The topological polar surface area (TPSA) is 74.1 Å². The fourth-order valence-corrected chi connectivity index (χ4v) is 3.39. The smallest absolute Gasteiger partial charge is 0.228 e. The highest BCUT2D eigenvalue weighted by Gasteiger charge is 2.22. The van der Waals surface area contributed by atoms with Crippen LogP contribution in [0.15, 0.2) is 6.33 Å². The molecule has 2 unspecified atom stereocenters. The predicted molar refractivity (Wildman–Crippen MR) is 86.4 cm³/mol. The molecule has 23 heavy (non-hydrogen) atoms. The van der Waals surface area contributed by atoms with Crippen molar-refractivity contribution in [3.05, 3.63) is 11.5 Å². The number of hydrogen-bond donors (Lipinski definition) is 1. The maximum atomic E-state index is 6.40. The van der Waals surface area contributed by atoms with Crippen molar-refractivity contribution in [3.8, 4) is 0 Å². The van der Waals surface area contributed by atoms with E-state index >= 15 is 0 Å². The summed E-state index contributed by atoms with van der Waals surface area (Å²) in [5.41, 5.74) is 1.31. The molecule has 124 valence electrons. The lowest BCUT2D eigenvalue weighted by Gasteiger charge is -2.24. The Bertz CT molecular complexity index is 680. The molecule has 0 amide bonds. The maximum absolute atomic E-state index is 6.40. The standard InChI is InChI=1S/C15H20ClN5O2/c16-13-12-14(17-9-21(12)11-6-2-4-8-23-11)20-15(19-13)18-10-5-1-3-7-22-10/h9-11H,1-8H2,(H,18,19,20). The van der Waals surface area contributed by atoms with Crippen LogP contribution in [0.1, 0.15) is 44.8 Å². The van der Waals surface area contributed by atoms with Crippen LogP contribution < -0.4 is 5.32 Å². The first-order chi connectivity index (χ1) is 11.3. The normalized spacial score (nSPS) is 25.6. The number of aromatic nitrogens is 4. The first kappa shape index (κ1) is 15.1. The Labute approximate surface area is 139 Å². The Kier molecular flexibility index (Phi) is 4.33. The Balaban J connectivity index is 1.60. The third kappa shape index (κ3) is 3.13. The van der Waals surface area contributed by atoms with Gasteiger partial charge in [-0.25, -0.2) is 4.98 Å². The number of nitrogens with zero attached hydrogens (tertiary/aromatic N) is 4. The number of anilines is 1. The molecule has 0 spiro atoms. The van der Waals surface area contributed by atoms with Crippen LogP contribution >= 0.6 is 11.6 Å². The maximum Gasteiger partial charge on any atom is 0.228 e. The van der Waals surface area contributed by atoms with Gasteiger partial charge in [0.25, 0.3) is 0 Å². The zero-order chi connectivity index (χ0) is 15.6. The summed E-state index contributed by atoms with van der Waals surface area (Å²) < 4.78 is 13.4. The molecule has 2 aliphatic rings. The van der Waals surface area contributed by atoms with Gasteiger partial charge in [0.05, 0.1) is 6.33 Å². The molecule has 2 aromatic heterocycles. The van der Waals surface area contributed by atoms with E-state index in [1.165, 1.54) is 0 Å². The highest BCUT2D eigenvalue weighted by atomic mass is 35.5. The first-order valence-corrected chi connectivity index (χ1v) is 8.59. The molecular weight excluding hydrogens is 318 g/mol. The van der Waals surface area contributed by atoms with E-state index in [0.717, 1.165) is 57.3 Å². The molecular formula is C15H20ClN5O2. The number of imidazole rings is 1. The van der Waals surface area contributed by atoms with E-state index in [1.807, 2.05) is 4.57 Å². The average molecular weight is 338 g/mol. The van der Waals surface area contributed by atoms with Crippen molar-refractivity contribution in [3.63, 3.8) is 0 Å². The van der Waals surface area contributed by atoms with Crippen LogP contribution in [0.25, 0.3) is 11.2 Å². The van der Waals surface area contributed by atoms with Gasteiger partial charge in [-0.2, -0.15) is 9.97 Å². The molecule has 2 saturated heterocycles. The number of ether oxygens (including phenoxy) is 2. The summed E-state index contributed by atoms with van der Waals surface area (Å²) in [6, 6.07) is 0. The summed E-state index contributed by atoms with van der Waals surface area (Å²) in [5, 5.41) is 3.58. The Morgan fingerprint density at radius 1 is 1.09 bits per heavy atom. The highest BCUT2D eigenvalue weighted by molar-refractivity contribution is 6.33. The summed E-state index contributed by atoms with van der Waals surface area (Å²) in [7, 11) is 0. The predicted octanol–water partition coefficient (Wildman–Crippen LogP) is 3.12. The molecule has 4 heterocycles. The Hall–Kier alpha value is -1.44. The van der Waals surface area contributed by atoms with E-state index in [1.54, 1.807) is 6.33 Å². The molecule has 0 saturated carbocycles. The van der Waals surface area contributed by atoms with Crippen LogP contribution in [-0.4, -0.2) is 39.0 Å². The summed E-state index contributed by atoms with van der Waals surface area (Å²) in [6.45, 7) is 1.53. The highest BCUT2D eigenvalue weighted by Crippen LogP contribution is 2.29. The van der Waals surface area contributed by atoms with Crippen molar-refractivity contribution in [2.24, 2.45) is 0 Å². The molecule has 0 bridgehead atoms. The van der Waals surface area contributed by atoms with Crippen molar-refractivity contribution in [2.75, 3.05) is 18.5 Å². The lowest BCUT2D eigenvalue weighted by molar-refractivity contribution is -0.0295. The van der Waals surface area contributed by atoms with Gasteiger partial charge in [0.2, 0.25) is 5.95 Å². The van der Waals surface area contributed by atoms with Crippen molar-refractivity contribution in [1.82, 2.24) is 19.5 Å². The molecule has 8 heteroatoms.